The molecule has 0 radical (unpaired) electrons. The third kappa shape index (κ3) is 3.24. The fourth-order valence-electron chi connectivity index (χ4n) is 2.42. The summed E-state index contributed by atoms with van der Waals surface area (Å²) in [5, 5.41) is 10.9. The minimum absolute atomic E-state index is 0.172. The van der Waals surface area contributed by atoms with Gasteiger partial charge in [0, 0.05) is 12.5 Å². The number of hydrogen-bond donors (Lipinski definition) is 1. The van der Waals surface area contributed by atoms with Crippen LogP contribution in [-0.4, -0.2) is 37.8 Å². The van der Waals surface area contributed by atoms with Crippen LogP contribution in [0.5, 0.6) is 5.75 Å². The zero-order valence-corrected chi connectivity index (χ0v) is 12.1. The highest BCUT2D eigenvalue weighted by atomic mass is 16.5. The third-order valence-electron chi connectivity index (χ3n) is 3.58. The van der Waals surface area contributed by atoms with Crippen molar-refractivity contribution in [3.05, 3.63) is 29.8 Å². The van der Waals surface area contributed by atoms with Gasteiger partial charge < -0.3 is 14.7 Å². The van der Waals surface area contributed by atoms with E-state index in [1.54, 1.807) is 7.11 Å². The van der Waals surface area contributed by atoms with Crippen molar-refractivity contribution in [2.24, 2.45) is 5.92 Å². The number of rotatable bonds is 6. The summed E-state index contributed by atoms with van der Waals surface area (Å²) in [5.74, 6) is 0.989. The van der Waals surface area contributed by atoms with Crippen molar-refractivity contribution in [2.75, 3.05) is 27.7 Å². The van der Waals surface area contributed by atoms with Gasteiger partial charge in [-0.2, -0.15) is 0 Å². The molecule has 0 fully saturated rings. The van der Waals surface area contributed by atoms with Gasteiger partial charge in [-0.15, -0.1) is 0 Å². The van der Waals surface area contributed by atoms with Crippen molar-refractivity contribution < 1.29 is 9.84 Å². The van der Waals surface area contributed by atoms with E-state index in [1.807, 2.05) is 45.3 Å². The lowest BCUT2D eigenvalue weighted by Gasteiger charge is -2.35. The van der Waals surface area contributed by atoms with E-state index >= 15 is 0 Å². The number of benzene rings is 1. The van der Waals surface area contributed by atoms with Gasteiger partial charge in [-0.05, 0) is 38.2 Å². The van der Waals surface area contributed by atoms with Crippen LogP contribution in [-0.2, 0) is 5.60 Å². The van der Waals surface area contributed by atoms with E-state index in [0.29, 0.717) is 6.42 Å². The Morgan fingerprint density at radius 2 is 1.83 bits per heavy atom. The van der Waals surface area contributed by atoms with E-state index in [0.717, 1.165) is 17.9 Å². The van der Waals surface area contributed by atoms with Gasteiger partial charge >= 0.3 is 0 Å². The molecule has 0 aliphatic carbocycles. The Bertz CT molecular complexity index is 361. The lowest BCUT2D eigenvalue weighted by molar-refractivity contribution is -0.0292. The first-order valence-corrected chi connectivity index (χ1v) is 6.45. The number of methoxy groups -OCH3 is 1. The Morgan fingerprint density at radius 3 is 2.22 bits per heavy atom. The molecule has 3 heteroatoms. The predicted octanol–water partition coefficient (Wildman–Crippen LogP) is 2.49. The van der Waals surface area contributed by atoms with E-state index in [2.05, 4.69) is 11.8 Å². The molecule has 102 valence electrons. The molecule has 0 aliphatic rings. The van der Waals surface area contributed by atoms with E-state index in [4.69, 9.17) is 4.74 Å². The molecule has 3 nitrogen and oxygen atoms in total. The number of aliphatic hydroxyl groups is 1. The van der Waals surface area contributed by atoms with Crippen LogP contribution in [0.1, 0.15) is 25.8 Å². The number of hydrogen-bond acceptors (Lipinski definition) is 3. The molecule has 1 aromatic carbocycles. The van der Waals surface area contributed by atoms with Crippen LogP contribution in [0.25, 0.3) is 0 Å². The summed E-state index contributed by atoms with van der Waals surface area (Å²) in [4.78, 5) is 2.11. The molecule has 0 amide bonds. The van der Waals surface area contributed by atoms with Crippen molar-refractivity contribution in [3.63, 3.8) is 0 Å². The maximum Gasteiger partial charge on any atom is 0.118 e. The van der Waals surface area contributed by atoms with Crippen LogP contribution in [0, 0.1) is 5.92 Å². The van der Waals surface area contributed by atoms with Crippen molar-refractivity contribution >= 4 is 0 Å². The molecule has 1 rings (SSSR count). The molecule has 0 saturated carbocycles. The minimum atomic E-state index is -0.781. The van der Waals surface area contributed by atoms with Gasteiger partial charge in [0.05, 0.1) is 12.7 Å². The lowest BCUT2D eigenvalue weighted by atomic mass is 9.80. The topological polar surface area (TPSA) is 32.7 Å². The van der Waals surface area contributed by atoms with Crippen molar-refractivity contribution in [1.82, 2.24) is 4.90 Å². The Hall–Kier alpha value is -1.06. The fourth-order valence-corrected chi connectivity index (χ4v) is 2.42. The van der Waals surface area contributed by atoms with Gasteiger partial charge in [0.25, 0.3) is 0 Å². The zero-order valence-electron chi connectivity index (χ0n) is 12.1. The van der Waals surface area contributed by atoms with Crippen molar-refractivity contribution in [2.45, 2.75) is 25.9 Å². The van der Waals surface area contributed by atoms with Crippen LogP contribution < -0.4 is 4.74 Å². The van der Waals surface area contributed by atoms with Crippen LogP contribution in [0.2, 0.25) is 0 Å². The molecule has 0 aromatic heterocycles. The van der Waals surface area contributed by atoms with Gasteiger partial charge in [0.2, 0.25) is 0 Å². The Kier molecular flexibility index (Phi) is 5.17. The monoisotopic (exact) mass is 251 g/mol. The zero-order chi connectivity index (χ0) is 13.8. The van der Waals surface area contributed by atoms with Gasteiger partial charge in [0.1, 0.15) is 5.75 Å². The average Bonchev–Trinajstić information content (AvgIpc) is 2.37. The van der Waals surface area contributed by atoms with Crippen molar-refractivity contribution in [3.8, 4) is 5.75 Å². The lowest BCUT2D eigenvalue weighted by Crippen LogP contribution is -2.38. The Balaban J connectivity index is 2.97. The summed E-state index contributed by atoms with van der Waals surface area (Å²) in [7, 11) is 5.71. The molecule has 1 N–H and O–H groups in total. The van der Waals surface area contributed by atoms with Crippen LogP contribution in [0.15, 0.2) is 24.3 Å². The molecular weight excluding hydrogens is 226 g/mol. The van der Waals surface area contributed by atoms with E-state index in [-0.39, 0.29) is 5.92 Å². The second kappa shape index (κ2) is 6.21. The smallest absolute Gasteiger partial charge is 0.118 e. The maximum absolute atomic E-state index is 10.9. The summed E-state index contributed by atoms with van der Waals surface area (Å²) in [6, 6.07) is 7.71. The molecule has 0 heterocycles. The van der Waals surface area contributed by atoms with Crippen molar-refractivity contribution in [1.29, 1.82) is 0 Å². The summed E-state index contributed by atoms with van der Waals surface area (Å²) in [5.41, 5.74) is 0.177. The van der Waals surface area contributed by atoms with Gasteiger partial charge in [-0.1, -0.05) is 26.0 Å². The van der Waals surface area contributed by atoms with Gasteiger partial charge in [-0.25, -0.2) is 0 Å². The first-order valence-electron chi connectivity index (χ1n) is 6.45. The molecular formula is C15H25NO2. The first kappa shape index (κ1) is 15.0. The molecule has 2 unspecified atom stereocenters. The van der Waals surface area contributed by atoms with E-state index < -0.39 is 5.60 Å². The number of nitrogens with zero attached hydrogens (tertiary/aromatic N) is 1. The van der Waals surface area contributed by atoms with Crippen LogP contribution >= 0.6 is 0 Å². The highest BCUT2D eigenvalue weighted by Gasteiger charge is 2.33. The van der Waals surface area contributed by atoms with Crippen LogP contribution in [0.4, 0.5) is 0 Å². The quantitative estimate of drug-likeness (QED) is 0.843. The summed E-state index contributed by atoms with van der Waals surface area (Å²) in [6.07, 6.45) is 0.703. The largest absolute Gasteiger partial charge is 0.497 e. The summed E-state index contributed by atoms with van der Waals surface area (Å²) >= 11 is 0. The Morgan fingerprint density at radius 1 is 1.28 bits per heavy atom. The standard InChI is InChI=1S/C15H25NO2/c1-6-15(17,12(2)11-16(3)4)13-7-9-14(18-5)10-8-13/h7-10,12,17H,6,11H2,1-5H3. The normalized spacial score (nSPS) is 16.4. The molecule has 2 atom stereocenters. The predicted molar refractivity (Wildman–Crippen MR) is 74.9 cm³/mol. The second-order valence-electron chi connectivity index (χ2n) is 5.17. The average molecular weight is 251 g/mol. The highest BCUT2D eigenvalue weighted by Crippen LogP contribution is 2.34. The second-order valence-corrected chi connectivity index (χ2v) is 5.17. The fraction of sp³-hybridized carbons (Fsp3) is 0.600. The highest BCUT2D eigenvalue weighted by molar-refractivity contribution is 5.31. The Labute approximate surface area is 110 Å². The van der Waals surface area contributed by atoms with E-state index in [1.165, 1.54) is 0 Å². The molecule has 0 saturated heterocycles. The minimum Gasteiger partial charge on any atom is -0.497 e. The number of ether oxygens (including phenoxy) is 1. The van der Waals surface area contributed by atoms with E-state index in [9.17, 15) is 5.11 Å². The molecule has 18 heavy (non-hydrogen) atoms. The third-order valence-corrected chi connectivity index (χ3v) is 3.58. The maximum atomic E-state index is 10.9. The molecule has 1 aromatic rings. The van der Waals surface area contributed by atoms with Gasteiger partial charge in [0.15, 0.2) is 0 Å². The summed E-state index contributed by atoms with van der Waals surface area (Å²) < 4.78 is 5.15. The van der Waals surface area contributed by atoms with Crippen LogP contribution in [0.3, 0.4) is 0 Å². The molecule has 0 aliphatic heterocycles. The molecule has 0 spiro atoms. The SMILES string of the molecule is CCC(O)(c1ccc(OC)cc1)C(C)CN(C)C. The summed E-state index contributed by atoms with van der Waals surface area (Å²) in [6.45, 7) is 4.97. The first-order chi connectivity index (χ1) is 8.43. The molecule has 0 bridgehead atoms. The van der Waals surface area contributed by atoms with Gasteiger partial charge in [-0.3, -0.25) is 0 Å².